The number of benzene rings is 1. The third-order valence-electron chi connectivity index (χ3n) is 3.68. The number of nitrogens with two attached hydrogens (primary N) is 1. The van der Waals surface area contributed by atoms with Gasteiger partial charge in [0.05, 0.1) is 12.6 Å². The summed E-state index contributed by atoms with van der Waals surface area (Å²) in [6.07, 6.45) is 7.80. The Labute approximate surface area is 164 Å². The fourth-order valence-electron chi connectivity index (χ4n) is 2.43. The zero-order valence-corrected chi connectivity index (χ0v) is 16.3. The van der Waals surface area contributed by atoms with E-state index in [1.54, 1.807) is 12.2 Å². The molecule has 7 heteroatoms. The molecule has 1 unspecified atom stereocenters. The van der Waals surface area contributed by atoms with E-state index in [0.29, 0.717) is 18.3 Å². The van der Waals surface area contributed by atoms with Crippen LogP contribution < -0.4 is 21.1 Å². The number of nitrogens with zero attached hydrogens (tertiary/aromatic N) is 1. The maximum Gasteiger partial charge on any atom is 0.321 e. The Morgan fingerprint density at radius 3 is 3.11 bits per heavy atom. The van der Waals surface area contributed by atoms with E-state index in [9.17, 15) is 4.79 Å². The fraction of sp³-hybridized carbons (Fsp3) is 0.300. The van der Waals surface area contributed by atoms with Crippen molar-refractivity contribution in [2.24, 2.45) is 10.7 Å². The molecule has 1 aliphatic rings. The zero-order valence-electron chi connectivity index (χ0n) is 15.5. The second-order valence-corrected chi connectivity index (χ2v) is 6.83. The van der Waals surface area contributed by atoms with Crippen molar-refractivity contribution in [1.29, 1.82) is 0 Å². The van der Waals surface area contributed by atoms with Crippen LogP contribution in [-0.2, 0) is 6.54 Å². The van der Waals surface area contributed by atoms with Gasteiger partial charge in [-0.15, -0.1) is 0 Å². The molecule has 1 heterocycles. The van der Waals surface area contributed by atoms with Gasteiger partial charge in [0.15, 0.2) is 5.17 Å². The highest BCUT2D eigenvalue weighted by Gasteiger charge is 2.21. The first kappa shape index (κ1) is 20.6. The lowest BCUT2D eigenvalue weighted by Crippen LogP contribution is -2.37. The second-order valence-electron chi connectivity index (χ2n) is 5.83. The average Bonchev–Trinajstić information content (AvgIpc) is 3.13. The Hall–Kier alpha value is -2.67. The van der Waals surface area contributed by atoms with E-state index < -0.39 is 0 Å². The second kappa shape index (κ2) is 11.1. The van der Waals surface area contributed by atoms with Crippen molar-refractivity contribution < 1.29 is 9.53 Å². The Balaban J connectivity index is 1.86. The molecule has 0 spiro atoms. The summed E-state index contributed by atoms with van der Waals surface area (Å²) in [7, 11) is 0. The number of nitrogens with one attached hydrogen (secondary N) is 2. The predicted molar refractivity (Wildman–Crippen MR) is 113 cm³/mol. The lowest BCUT2D eigenvalue weighted by atomic mass is 10.1. The van der Waals surface area contributed by atoms with E-state index >= 15 is 0 Å². The monoisotopic (exact) mass is 386 g/mol. The Morgan fingerprint density at radius 2 is 2.37 bits per heavy atom. The number of allylic oxidation sites excluding steroid dienone is 2. The van der Waals surface area contributed by atoms with Gasteiger partial charge < -0.3 is 15.8 Å². The van der Waals surface area contributed by atoms with Crippen LogP contribution in [0.5, 0.6) is 5.75 Å². The molecule has 0 aliphatic carbocycles. The molecule has 27 heavy (non-hydrogen) atoms. The molecule has 1 aromatic carbocycles. The topological polar surface area (TPSA) is 88.7 Å². The summed E-state index contributed by atoms with van der Waals surface area (Å²) in [5, 5.41) is 6.22. The van der Waals surface area contributed by atoms with Gasteiger partial charge in [0.25, 0.3) is 0 Å². The van der Waals surface area contributed by atoms with Gasteiger partial charge in [0, 0.05) is 12.3 Å². The molecule has 0 saturated carbocycles. The van der Waals surface area contributed by atoms with Crippen molar-refractivity contribution in [3.8, 4) is 5.75 Å². The van der Waals surface area contributed by atoms with Crippen molar-refractivity contribution in [2.75, 3.05) is 12.4 Å². The lowest BCUT2D eigenvalue weighted by Gasteiger charge is -2.09. The number of carbonyl (C=O) groups is 1. The van der Waals surface area contributed by atoms with Gasteiger partial charge in [-0.3, -0.25) is 10.3 Å². The highest BCUT2D eigenvalue weighted by Crippen LogP contribution is 2.23. The van der Waals surface area contributed by atoms with Crippen LogP contribution in [-0.4, -0.2) is 29.6 Å². The molecular weight excluding hydrogens is 360 g/mol. The maximum atomic E-state index is 12.1. The SMILES string of the molecule is C=C/C=C(\C=C/N)C1CSC(NC(=O)NCc2cccc(OCCC)c2)=N1. The number of aliphatic imine (C=N–C) groups is 1. The number of ether oxygens (including phenoxy) is 1. The third-order valence-corrected chi connectivity index (χ3v) is 4.64. The van der Waals surface area contributed by atoms with Gasteiger partial charge in [-0.2, -0.15) is 0 Å². The smallest absolute Gasteiger partial charge is 0.321 e. The number of amidine groups is 1. The third kappa shape index (κ3) is 6.86. The molecule has 2 amide bonds. The lowest BCUT2D eigenvalue weighted by molar-refractivity contribution is 0.245. The van der Waals surface area contributed by atoms with E-state index in [4.69, 9.17) is 10.5 Å². The van der Waals surface area contributed by atoms with Crippen LogP contribution in [0.4, 0.5) is 4.79 Å². The van der Waals surface area contributed by atoms with Crippen LogP contribution in [0.1, 0.15) is 18.9 Å². The quantitative estimate of drug-likeness (QED) is 0.598. The Bertz CT molecular complexity index is 743. The summed E-state index contributed by atoms with van der Waals surface area (Å²) in [6.45, 7) is 6.85. The van der Waals surface area contributed by atoms with Crippen LogP contribution in [0.2, 0.25) is 0 Å². The molecule has 2 rings (SSSR count). The molecule has 0 saturated heterocycles. The maximum absolute atomic E-state index is 12.1. The van der Waals surface area contributed by atoms with E-state index in [0.717, 1.165) is 29.1 Å². The standard InChI is InChI=1S/C20H26N4O2S/c1-3-6-16(9-10-21)18-14-27-20(23-18)24-19(25)22-13-15-7-5-8-17(12-15)26-11-4-2/h3,5-10,12,18H,1,4,11,13-14,21H2,2H3,(H2,22,23,24,25)/b10-9-,16-6+. The number of urea groups is 1. The van der Waals surface area contributed by atoms with Gasteiger partial charge >= 0.3 is 6.03 Å². The molecule has 0 aromatic heterocycles. The van der Waals surface area contributed by atoms with Crippen molar-refractivity contribution >= 4 is 23.0 Å². The van der Waals surface area contributed by atoms with E-state index in [1.165, 1.54) is 18.0 Å². The molecule has 4 N–H and O–H groups in total. The number of carbonyl (C=O) groups excluding carboxylic acids is 1. The minimum Gasteiger partial charge on any atom is -0.494 e. The van der Waals surface area contributed by atoms with Gasteiger partial charge in [0.2, 0.25) is 0 Å². The van der Waals surface area contributed by atoms with Crippen molar-refractivity contribution in [1.82, 2.24) is 10.6 Å². The van der Waals surface area contributed by atoms with Gasteiger partial charge in [0.1, 0.15) is 5.75 Å². The molecule has 1 aliphatic heterocycles. The minimum atomic E-state index is -0.287. The molecule has 0 fully saturated rings. The van der Waals surface area contributed by atoms with Crippen LogP contribution in [0, 0.1) is 0 Å². The number of amides is 2. The number of rotatable bonds is 8. The average molecular weight is 387 g/mol. The minimum absolute atomic E-state index is 0.0458. The molecule has 0 bridgehead atoms. The summed E-state index contributed by atoms with van der Waals surface area (Å²) in [6, 6.07) is 7.37. The Kier molecular flexibility index (Phi) is 8.51. The first-order valence-corrected chi connectivity index (χ1v) is 9.83. The first-order valence-electron chi connectivity index (χ1n) is 8.84. The van der Waals surface area contributed by atoms with Gasteiger partial charge in [-0.1, -0.05) is 49.5 Å². The summed E-state index contributed by atoms with van der Waals surface area (Å²) in [5.41, 5.74) is 7.41. The summed E-state index contributed by atoms with van der Waals surface area (Å²) in [5.74, 6) is 1.56. The zero-order chi connectivity index (χ0) is 19.5. The van der Waals surface area contributed by atoms with Crippen LogP contribution >= 0.6 is 11.8 Å². The molecule has 6 nitrogen and oxygen atoms in total. The summed E-state index contributed by atoms with van der Waals surface area (Å²) < 4.78 is 5.61. The first-order chi connectivity index (χ1) is 13.2. The van der Waals surface area contributed by atoms with E-state index in [-0.39, 0.29) is 12.1 Å². The Morgan fingerprint density at radius 1 is 1.52 bits per heavy atom. The van der Waals surface area contributed by atoms with Crippen LogP contribution in [0.15, 0.2) is 65.8 Å². The van der Waals surface area contributed by atoms with E-state index in [2.05, 4.69) is 29.1 Å². The van der Waals surface area contributed by atoms with Crippen LogP contribution in [0.25, 0.3) is 0 Å². The molecule has 0 radical (unpaired) electrons. The highest BCUT2D eigenvalue weighted by atomic mass is 32.2. The number of hydrogen-bond donors (Lipinski definition) is 3. The van der Waals surface area contributed by atoms with E-state index in [1.807, 2.05) is 30.3 Å². The van der Waals surface area contributed by atoms with Crippen molar-refractivity contribution in [3.63, 3.8) is 0 Å². The predicted octanol–water partition coefficient (Wildman–Crippen LogP) is 3.33. The van der Waals surface area contributed by atoms with Crippen molar-refractivity contribution in [2.45, 2.75) is 25.9 Å². The van der Waals surface area contributed by atoms with Crippen LogP contribution in [0.3, 0.4) is 0 Å². The van der Waals surface area contributed by atoms with Gasteiger partial charge in [-0.05, 0) is 42.0 Å². The molecule has 144 valence electrons. The molecule has 1 aromatic rings. The number of thioether (sulfide) groups is 1. The summed E-state index contributed by atoms with van der Waals surface area (Å²) in [4.78, 5) is 16.7. The number of hydrogen-bond acceptors (Lipinski definition) is 5. The largest absolute Gasteiger partial charge is 0.494 e. The molecular formula is C20H26N4O2S. The fourth-order valence-corrected chi connectivity index (χ4v) is 3.38. The highest BCUT2D eigenvalue weighted by molar-refractivity contribution is 8.14. The van der Waals surface area contributed by atoms with Crippen molar-refractivity contribution in [3.05, 3.63) is 66.4 Å². The summed E-state index contributed by atoms with van der Waals surface area (Å²) >= 11 is 1.50. The van der Waals surface area contributed by atoms with Gasteiger partial charge in [-0.25, -0.2) is 4.79 Å². The normalized spacial score (nSPS) is 16.9. The molecule has 1 atom stereocenters.